The summed E-state index contributed by atoms with van der Waals surface area (Å²) in [5, 5.41) is 0. The molecule has 4 nitrogen and oxygen atoms in total. The molecule has 1 amide bonds. The lowest BCUT2D eigenvalue weighted by Crippen LogP contribution is -2.53. The van der Waals surface area contributed by atoms with E-state index in [4.69, 9.17) is 21.1 Å². The van der Waals surface area contributed by atoms with Crippen molar-refractivity contribution < 1.29 is 14.3 Å². The highest BCUT2D eigenvalue weighted by Crippen LogP contribution is 2.53. The van der Waals surface area contributed by atoms with Crippen LogP contribution >= 0.6 is 11.6 Å². The number of alkyl halides is 1. The summed E-state index contributed by atoms with van der Waals surface area (Å²) in [6, 6.07) is 15.7. The number of hydrogen-bond acceptors (Lipinski definition) is 3. The van der Waals surface area contributed by atoms with E-state index in [2.05, 4.69) is 12.1 Å². The van der Waals surface area contributed by atoms with Gasteiger partial charge in [-0.15, -0.1) is 11.6 Å². The van der Waals surface area contributed by atoms with Crippen LogP contribution in [0.15, 0.2) is 48.5 Å². The molecule has 2 aromatic rings. The Labute approximate surface area is 177 Å². The second-order valence-corrected chi connectivity index (χ2v) is 8.85. The lowest BCUT2D eigenvalue weighted by atomic mass is 9.68. The van der Waals surface area contributed by atoms with E-state index in [-0.39, 0.29) is 22.7 Å². The van der Waals surface area contributed by atoms with Gasteiger partial charge in [-0.3, -0.25) is 4.79 Å². The topological polar surface area (TPSA) is 38.8 Å². The van der Waals surface area contributed by atoms with E-state index in [1.807, 2.05) is 23.1 Å². The highest BCUT2D eigenvalue weighted by atomic mass is 35.5. The minimum atomic E-state index is -0.221. The molecule has 0 spiro atoms. The van der Waals surface area contributed by atoms with Crippen LogP contribution in [0, 0.1) is 5.92 Å². The highest BCUT2D eigenvalue weighted by Gasteiger charge is 2.50. The summed E-state index contributed by atoms with van der Waals surface area (Å²) in [5.41, 5.74) is 1.74. The second-order valence-electron chi connectivity index (χ2n) is 8.09. The average molecular weight is 414 g/mol. The molecule has 1 heterocycles. The van der Waals surface area contributed by atoms with Crippen LogP contribution in [0.4, 0.5) is 0 Å². The molecule has 4 rings (SSSR count). The zero-order valence-corrected chi connectivity index (χ0v) is 17.8. The van der Waals surface area contributed by atoms with E-state index >= 15 is 0 Å². The van der Waals surface area contributed by atoms with Crippen molar-refractivity contribution >= 4 is 17.5 Å². The highest BCUT2D eigenvalue weighted by molar-refractivity contribution is 6.24. The van der Waals surface area contributed by atoms with Crippen LogP contribution in [0.3, 0.4) is 0 Å². The summed E-state index contributed by atoms with van der Waals surface area (Å²) < 4.78 is 10.8. The number of carbonyl (C=O) groups excluding carboxylic acids is 1. The van der Waals surface area contributed by atoms with Gasteiger partial charge in [0.1, 0.15) is 11.5 Å². The predicted octanol–water partition coefficient (Wildman–Crippen LogP) is 5.46. The molecule has 2 fully saturated rings. The molecule has 3 atom stereocenters. The first-order valence-electron chi connectivity index (χ1n) is 10.3. The Hall–Kier alpha value is -2.20. The standard InChI is InChI=1S/C24H28ClNO3/c1-28-19-14-18(15-20(16-19)29-2)23(27)26-13-12-24(25)11-7-6-10-21(24)22(26)17-8-4-3-5-9-17/h3-5,8-9,14-16,21-22H,6-7,10-13H2,1-2H3/t21-,22+,24-/m1/s1. The molecule has 2 aliphatic rings. The monoisotopic (exact) mass is 413 g/mol. The molecular formula is C24H28ClNO3. The molecule has 29 heavy (non-hydrogen) atoms. The molecule has 1 saturated carbocycles. The number of fused-ring (bicyclic) bond motifs is 1. The predicted molar refractivity (Wildman–Crippen MR) is 115 cm³/mol. The summed E-state index contributed by atoms with van der Waals surface area (Å²) in [7, 11) is 3.20. The third kappa shape index (κ3) is 3.83. The number of nitrogens with zero attached hydrogens (tertiary/aromatic N) is 1. The fraction of sp³-hybridized carbons (Fsp3) is 0.458. The first-order chi connectivity index (χ1) is 14.1. The molecule has 1 saturated heterocycles. The van der Waals surface area contributed by atoms with Crippen LogP contribution in [0.5, 0.6) is 11.5 Å². The summed E-state index contributed by atoms with van der Waals surface area (Å²) in [4.78, 5) is 15.5. The van der Waals surface area contributed by atoms with Crippen molar-refractivity contribution in [2.45, 2.75) is 43.0 Å². The minimum Gasteiger partial charge on any atom is -0.497 e. The van der Waals surface area contributed by atoms with Gasteiger partial charge in [0, 0.05) is 24.1 Å². The van der Waals surface area contributed by atoms with Crippen LogP contribution in [0.2, 0.25) is 0 Å². The van der Waals surface area contributed by atoms with E-state index in [1.54, 1.807) is 32.4 Å². The van der Waals surface area contributed by atoms with E-state index in [1.165, 1.54) is 6.42 Å². The van der Waals surface area contributed by atoms with Crippen LogP contribution < -0.4 is 9.47 Å². The molecule has 154 valence electrons. The molecule has 0 bridgehead atoms. The van der Waals surface area contributed by atoms with Crippen molar-refractivity contribution in [3.8, 4) is 11.5 Å². The quantitative estimate of drug-likeness (QED) is 0.625. The van der Waals surface area contributed by atoms with Crippen molar-refractivity contribution in [2.24, 2.45) is 5.92 Å². The molecule has 0 N–H and O–H groups in total. The van der Waals surface area contributed by atoms with Crippen molar-refractivity contribution in [1.29, 1.82) is 0 Å². The number of ether oxygens (including phenoxy) is 2. The van der Waals surface area contributed by atoms with Crippen molar-refractivity contribution in [3.63, 3.8) is 0 Å². The normalized spacial score (nSPS) is 26.5. The van der Waals surface area contributed by atoms with E-state index in [9.17, 15) is 4.79 Å². The van der Waals surface area contributed by atoms with Crippen LogP contribution in [0.25, 0.3) is 0 Å². The van der Waals surface area contributed by atoms with Gasteiger partial charge in [0.05, 0.1) is 25.1 Å². The summed E-state index contributed by atoms with van der Waals surface area (Å²) in [5.74, 6) is 1.49. The van der Waals surface area contributed by atoms with Crippen molar-refractivity contribution in [2.75, 3.05) is 20.8 Å². The lowest BCUT2D eigenvalue weighted by molar-refractivity contribution is 0.0279. The molecule has 2 aromatic carbocycles. The lowest BCUT2D eigenvalue weighted by Gasteiger charge is -2.52. The zero-order chi connectivity index (χ0) is 20.4. The number of rotatable bonds is 4. The minimum absolute atomic E-state index is 0.000318. The number of carbonyl (C=O) groups is 1. The molecule has 1 aliphatic carbocycles. The molecule has 0 aromatic heterocycles. The number of piperidine rings is 1. The number of likely N-dealkylation sites (tertiary alicyclic amines) is 1. The first kappa shape index (κ1) is 20.1. The Balaban J connectivity index is 1.74. The van der Waals surface area contributed by atoms with Crippen molar-refractivity contribution in [1.82, 2.24) is 4.90 Å². The molecule has 1 aliphatic heterocycles. The first-order valence-corrected chi connectivity index (χ1v) is 10.7. The van der Waals surface area contributed by atoms with Crippen molar-refractivity contribution in [3.05, 3.63) is 59.7 Å². The summed E-state index contributed by atoms with van der Waals surface area (Å²) in [6.45, 7) is 0.651. The second kappa shape index (κ2) is 8.27. The summed E-state index contributed by atoms with van der Waals surface area (Å²) in [6.07, 6.45) is 5.24. The molecule has 5 heteroatoms. The fourth-order valence-corrected chi connectivity index (χ4v) is 5.47. The Morgan fingerprint density at radius 1 is 1.03 bits per heavy atom. The summed E-state index contributed by atoms with van der Waals surface area (Å²) >= 11 is 7.15. The van der Waals surface area contributed by atoms with Gasteiger partial charge in [0.15, 0.2) is 0 Å². The number of methoxy groups -OCH3 is 2. The van der Waals surface area contributed by atoms with Crippen LogP contribution in [-0.4, -0.2) is 36.4 Å². The number of halogens is 1. The molecular weight excluding hydrogens is 386 g/mol. The molecule has 0 unspecified atom stereocenters. The van der Waals surface area contributed by atoms with Gasteiger partial charge in [-0.1, -0.05) is 43.2 Å². The smallest absolute Gasteiger partial charge is 0.254 e. The Morgan fingerprint density at radius 3 is 2.38 bits per heavy atom. The maximum absolute atomic E-state index is 13.7. The SMILES string of the molecule is COc1cc(OC)cc(C(=O)N2CC[C@]3(Cl)CCCC[C@@H]3[C@@H]2c2ccccc2)c1. The van der Waals surface area contributed by atoms with E-state index < -0.39 is 0 Å². The van der Waals surface area contributed by atoms with Gasteiger partial charge in [-0.2, -0.15) is 0 Å². The zero-order valence-electron chi connectivity index (χ0n) is 17.1. The van der Waals surface area contributed by atoms with Gasteiger partial charge in [-0.25, -0.2) is 0 Å². The fourth-order valence-electron chi connectivity index (χ4n) is 5.03. The van der Waals surface area contributed by atoms with Crippen LogP contribution in [-0.2, 0) is 0 Å². The maximum Gasteiger partial charge on any atom is 0.254 e. The number of amides is 1. The van der Waals surface area contributed by atoms with Gasteiger partial charge in [0.25, 0.3) is 5.91 Å². The third-order valence-electron chi connectivity index (χ3n) is 6.51. The Kier molecular flexibility index (Phi) is 5.73. The maximum atomic E-state index is 13.7. The van der Waals surface area contributed by atoms with Gasteiger partial charge >= 0.3 is 0 Å². The Morgan fingerprint density at radius 2 is 1.72 bits per heavy atom. The Bertz CT molecular complexity index is 849. The van der Waals surface area contributed by atoms with Gasteiger partial charge < -0.3 is 14.4 Å². The number of hydrogen-bond donors (Lipinski definition) is 0. The largest absolute Gasteiger partial charge is 0.497 e. The number of benzene rings is 2. The third-order valence-corrected chi connectivity index (χ3v) is 7.17. The van der Waals surface area contributed by atoms with E-state index in [0.29, 0.717) is 23.6 Å². The van der Waals surface area contributed by atoms with Crippen LogP contribution in [0.1, 0.15) is 54.1 Å². The van der Waals surface area contributed by atoms with E-state index in [0.717, 1.165) is 31.2 Å². The van der Waals surface area contributed by atoms with Gasteiger partial charge in [0.2, 0.25) is 0 Å². The average Bonchev–Trinajstić information content (AvgIpc) is 2.77. The van der Waals surface area contributed by atoms with Gasteiger partial charge in [-0.05, 0) is 37.0 Å². The molecule has 0 radical (unpaired) electrons.